The Bertz CT molecular complexity index is 950. The predicted molar refractivity (Wildman–Crippen MR) is 108 cm³/mol. The van der Waals surface area contributed by atoms with Crippen molar-refractivity contribution in [3.63, 3.8) is 0 Å². The largest absolute Gasteiger partial charge is 0.489 e. The van der Waals surface area contributed by atoms with Crippen LogP contribution in [-0.2, 0) is 11.3 Å². The number of amides is 1. The molecular formula is C22H25FN4O2. The Balaban J connectivity index is 1.49. The zero-order chi connectivity index (χ0) is 20.4. The molecule has 1 N–H and O–H groups in total. The Labute approximate surface area is 169 Å². The number of anilines is 1. The lowest BCUT2D eigenvalue weighted by Gasteiger charge is -2.26. The van der Waals surface area contributed by atoms with Crippen LogP contribution in [0.4, 0.5) is 10.1 Å². The Morgan fingerprint density at radius 2 is 2.28 bits per heavy atom. The third-order valence-electron chi connectivity index (χ3n) is 5.87. The van der Waals surface area contributed by atoms with Crippen LogP contribution >= 0.6 is 0 Å². The summed E-state index contributed by atoms with van der Waals surface area (Å²) in [4.78, 5) is 16.5. The number of pyridine rings is 1. The molecule has 1 amide bonds. The van der Waals surface area contributed by atoms with Crippen LogP contribution in [0.15, 0.2) is 48.8 Å². The summed E-state index contributed by atoms with van der Waals surface area (Å²) in [6, 6.07) is 2.76. The lowest BCUT2D eigenvalue weighted by molar-refractivity contribution is -0.118. The van der Waals surface area contributed by atoms with Crippen molar-refractivity contribution in [2.45, 2.75) is 33.2 Å². The van der Waals surface area contributed by atoms with Crippen LogP contribution in [0.2, 0.25) is 0 Å². The van der Waals surface area contributed by atoms with Crippen LogP contribution < -0.4 is 10.1 Å². The average Bonchev–Trinajstić information content (AvgIpc) is 3.38. The molecule has 152 valence electrons. The molecule has 2 aromatic heterocycles. The molecule has 2 aliphatic rings. The highest BCUT2D eigenvalue weighted by molar-refractivity contribution is 5.95. The zero-order valence-corrected chi connectivity index (χ0v) is 16.6. The molecule has 0 spiro atoms. The second kappa shape index (κ2) is 7.81. The van der Waals surface area contributed by atoms with Crippen molar-refractivity contribution in [2.75, 3.05) is 11.9 Å². The van der Waals surface area contributed by atoms with Crippen molar-refractivity contribution in [1.82, 2.24) is 14.8 Å². The molecule has 2 heterocycles. The number of ether oxygens (including phenoxy) is 1. The standard InChI is InChI=1S/C22H25FN4O2/c1-3-27-13-19(15(2)26-27)29-14-22(16-7-5-4-6-8-16)11-18(22)21(28)25-17-9-10-20(23)24-12-17/h4-7,9-10,12-13,16,18H,3,8,11,14H2,1-2H3,(H,25,28)/t16?,18-,22+/m0/s1. The van der Waals surface area contributed by atoms with Gasteiger partial charge in [0.25, 0.3) is 0 Å². The lowest BCUT2D eigenvalue weighted by atomic mass is 9.82. The minimum atomic E-state index is -0.570. The van der Waals surface area contributed by atoms with Gasteiger partial charge in [0.15, 0.2) is 5.75 Å². The highest BCUT2D eigenvalue weighted by Gasteiger charge is 2.62. The molecule has 0 aromatic carbocycles. The molecule has 0 radical (unpaired) electrons. The van der Waals surface area contributed by atoms with Gasteiger partial charge in [0, 0.05) is 17.9 Å². The topological polar surface area (TPSA) is 69.0 Å². The molecule has 1 fully saturated rings. The number of aryl methyl sites for hydroxylation is 2. The van der Waals surface area contributed by atoms with E-state index in [2.05, 4.69) is 27.6 Å². The molecule has 1 unspecified atom stereocenters. The summed E-state index contributed by atoms with van der Waals surface area (Å²) >= 11 is 0. The first kappa shape index (κ1) is 19.4. The monoisotopic (exact) mass is 396 g/mol. The first-order chi connectivity index (χ1) is 14.0. The van der Waals surface area contributed by atoms with Gasteiger partial charge in [0.05, 0.1) is 24.7 Å². The number of nitrogens with one attached hydrogen (secondary N) is 1. The maximum absolute atomic E-state index is 13.0. The fourth-order valence-corrected chi connectivity index (χ4v) is 4.05. The van der Waals surface area contributed by atoms with Gasteiger partial charge in [0.2, 0.25) is 11.9 Å². The second-order valence-electron chi connectivity index (χ2n) is 7.73. The number of halogens is 1. The van der Waals surface area contributed by atoms with Crippen LogP contribution in [-0.4, -0.2) is 27.3 Å². The van der Waals surface area contributed by atoms with E-state index in [-0.39, 0.29) is 23.2 Å². The molecule has 4 rings (SSSR count). The van der Waals surface area contributed by atoms with E-state index in [1.807, 2.05) is 36.9 Å². The third kappa shape index (κ3) is 3.95. The summed E-state index contributed by atoms with van der Waals surface area (Å²) in [5, 5.41) is 7.29. The molecule has 2 aliphatic carbocycles. The number of rotatable bonds is 7. The van der Waals surface area contributed by atoms with Gasteiger partial charge in [0.1, 0.15) is 5.69 Å². The minimum absolute atomic E-state index is 0.0778. The second-order valence-corrected chi connectivity index (χ2v) is 7.73. The fraction of sp³-hybridized carbons (Fsp3) is 0.409. The number of hydrogen-bond donors (Lipinski definition) is 1. The Morgan fingerprint density at radius 3 is 2.93 bits per heavy atom. The lowest BCUT2D eigenvalue weighted by Crippen LogP contribution is -2.29. The molecule has 3 atom stereocenters. The molecule has 7 heteroatoms. The molecule has 0 saturated heterocycles. The van der Waals surface area contributed by atoms with Gasteiger partial charge in [-0.1, -0.05) is 24.3 Å². The van der Waals surface area contributed by atoms with E-state index in [9.17, 15) is 9.18 Å². The first-order valence-corrected chi connectivity index (χ1v) is 9.94. The van der Waals surface area contributed by atoms with Gasteiger partial charge in [-0.2, -0.15) is 9.49 Å². The van der Waals surface area contributed by atoms with Gasteiger partial charge in [-0.25, -0.2) is 4.98 Å². The molecule has 29 heavy (non-hydrogen) atoms. The van der Waals surface area contributed by atoms with Crippen molar-refractivity contribution < 1.29 is 13.9 Å². The van der Waals surface area contributed by atoms with Crippen LogP contribution in [0.1, 0.15) is 25.5 Å². The molecular weight excluding hydrogens is 371 g/mol. The number of aromatic nitrogens is 3. The maximum Gasteiger partial charge on any atom is 0.228 e. The fourth-order valence-electron chi connectivity index (χ4n) is 4.05. The number of hydrogen-bond acceptors (Lipinski definition) is 4. The number of nitrogens with zero attached hydrogens (tertiary/aromatic N) is 3. The van der Waals surface area contributed by atoms with Gasteiger partial charge in [-0.15, -0.1) is 0 Å². The maximum atomic E-state index is 13.0. The normalized spacial score (nSPS) is 25.1. The molecule has 1 saturated carbocycles. The van der Waals surface area contributed by atoms with Gasteiger partial charge < -0.3 is 10.1 Å². The SMILES string of the molecule is CCn1cc(OC[C@@]2(C3C=CC=CC3)C[C@H]2C(=O)Nc2ccc(F)nc2)c(C)n1. The summed E-state index contributed by atoms with van der Waals surface area (Å²) in [5.41, 5.74) is 1.08. The molecule has 0 aliphatic heterocycles. The predicted octanol–water partition coefficient (Wildman–Crippen LogP) is 3.90. The van der Waals surface area contributed by atoms with E-state index in [0.717, 1.165) is 30.8 Å². The number of carbonyl (C=O) groups is 1. The highest BCUT2D eigenvalue weighted by atomic mass is 19.1. The van der Waals surface area contributed by atoms with Crippen LogP contribution in [0.25, 0.3) is 0 Å². The van der Waals surface area contributed by atoms with Crippen molar-refractivity contribution in [2.24, 2.45) is 17.3 Å². The quantitative estimate of drug-likeness (QED) is 0.721. The first-order valence-electron chi connectivity index (χ1n) is 9.94. The van der Waals surface area contributed by atoms with Crippen LogP contribution in [0, 0.1) is 30.1 Å². The summed E-state index contributed by atoms with van der Waals surface area (Å²) in [5.74, 6) is 0.173. The summed E-state index contributed by atoms with van der Waals surface area (Å²) in [6.07, 6.45) is 13.2. The summed E-state index contributed by atoms with van der Waals surface area (Å²) < 4.78 is 21.0. The summed E-state index contributed by atoms with van der Waals surface area (Å²) in [7, 11) is 0. The highest BCUT2D eigenvalue weighted by Crippen LogP contribution is 2.60. The van der Waals surface area contributed by atoms with E-state index in [1.165, 1.54) is 18.3 Å². The van der Waals surface area contributed by atoms with Gasteiger partial charge in [-0.05, 0) is 44.7 Å². The molecule has 0 bridgehead atoms. The van der Waals surface area contributed by atoms with Crippen molar-refractivity contribution >= 4 is 11.6 Å². The minimum Gasteiger partial charge on any atom is -0.489 e. The van der Waals surface area contributed by atoms with E-state index in [0.29, 0.717) is 12.3 Å². The smallest absolute Gasteiger partial charge is 0.228 e. The Hall–Kier alpha value is -2.96. The molecule has 6 nitrogen and oxygen atoms in total. The van der Waals surface area contributed by atoms with Crippen molar-refractivity contribution in [3.8, 4) is 5.75 Å². The summed E-state index contributed by atoms with van der Waals surface area (Å²) in [6.45, 7) is 5.19. The van der Waals surface area contributed by atoms with E-state index < -0.39 is 5.95 Å². The van der Waals surface area contributed by atoms with Crippen molar-refractivity contribution in [3.05, 3.63) is 60.5 Å². The van der Waals surface area contributed by atoms with E-state index in [1.54, 1.807) is 0 Å². The van der Waals surface area contributed by atoms with Crippen LogP contribution in [0.5, 0.6) is 5.75 Å². The Morgan fingerprint density at radius 1 is 1.41 bits per heavy atom. The zero-order valence-electron chi connectivity index (χ0n) is 16.6. The van der Waals surface area contributed by atoms with E-state index in [4.69, 9.17) is 4.74 Å². The average molecular weight is 396 g/mol. The molecule has 2 aromatic rings. The van der Waals surface area contributed by atoms with E-state index >= 15 is 0 Å². The number of allylic oxidation sites excluding steroid dienone is 4. The van der Waals surface area contributed by atoms with Gasteiger partial charge >= 0.3 is 0 Å². The number of carbonyl (C=O) groups excluding carboxylic acids is 1. The van der Waals surface area contributed by atoms with Crippen molar-refractivity contribution in [1.29, 1.82) is 0 Å². The Kier molecular flexibility index (Phi) is 5.22. The van der Waals surface area contributed by atoms with Crippen LogP contribution in [0.3, 0.4) is 0 Å². The van der Waals surface area contributed by atoms with Gasteiger partial charge in [-0.3, -0.25) is 9.48 Å². The third-order valence-corrected chi connectivity index (χ3v) is 5.87.